The fourth-order valence-corrected chi connectivity index (χ4v) is 3.14. The van der Waals surface area contributed by atoms with Crippen LogP contribution in [-0.2, 0) is 13.1 Å². The average Bonchev–Trinajstić information content (AvgIpc) is 3.26. The lowest BCUT2D eigenvalue weighted by Crippen LogP contribution is -2.24. The van der Waals surface area contributed by atoms with E-state index in [0.29, 0.717) is 30.0 Å². The second-order valence-corrected chi connectivity index (χ2v) is 6.81. The summed E-state index contributed by atoms with van der Waals surface area (Å²) in [4.78, 5) is 16.4. The number of nitrogens with zero attached hydrogens (tertiary/aromatic N) is 4. The number of hydrogen-bond acceptors (Lipinski definition) is 4. The molecule has 0 amide bonds. The quantitative estimate of drug-likeness (QED) is 0.525. The number of hydrogen-bond donors (Lipinski definition) is 1. The fraction of sp³-hybridized carbons (Fsp3) is 0.0952. The molecule has 2 aromatic heterocycles. The molecule has 0 saturated heterocycles. The van der Waals surface area contributed by atoms with Crippen molar-refractivity contribution in [2.24, 2.45) is 0 Å². The Hall–Kier alpha value is -3.45. The van der Waals surface area contributed by atoms with Crippen LogP contribution >= 0.6 is 11.6 Å². The molecule has 0 radical (unpaired) electrons. The summed E-state index contributed by atoms with van der Waals surface area (Å²) in [6, 6.07) is 14.4. The number of benzene rings is 2. The van der Waals surface area contributed by atoms with E-state index in [-0.39, 0.29) is 16.4 Å². The summed E-state index contributed by atoms with van der Waals surface area (Å²) >= 11 is 6.23. The summed E-state index contributed by atoms with van der Waals surface area (Å²) in [6.45, 7) is 0.630. The minimum absolute atomic E-state index is 0.0476. The molecule has 0 spiro atoms. The van der Waals surface area contributed by atoms with Gasteiger partial charge in [-0.1, -0.05) is 48.0 Å². The molecule has 146 valence electrons. The first-order valence-electron chi connectivity index (χ1n) is 8.92. The highest BCUT2D eigenvalue weighted by atomic mass is 35.5. The third-order valence-corrected chi connectivity index (χ3v) is 4.80. The van der Waals surface area contributed by atoms with Crippen molar-refractivity contribution in [1.29, 1.82) is 0 Å². The first-order valence-corrected chi connectivity index (χ1v) is 9.30. The Balaban J connectivity index is 1.48. The zero-order valence-corrected chi connectivity index (χ0v) is 16.1. The SMILES string of the molecule is O=c1c(Cl)c(NCc2ccc(-n3ccnc3)c(F)c2)cnn1Cc1ccccc1. The van der Waals surface area contributed by atoms with Crippen LogP contribution in [0.4, 0.5) is 10.1 Å². The Bertz CT molecular complexity index is 1180. The summed E-state index contributed by atoms with van der Waals surface area (Å²) in [5, 5.41) is 7.28. The van der Waals surface area contributed by atoms with Gasteiger partial charge in [-0.05, 0) is 23.3 Å². The van der Waals surface area contributed by atoms with E-state index in [1.54, 1.807) is 29.1 Å². The number of anilines is 1. The molecule has 4 aromatic rings. The van der Waals surface area contributed by atoms with Gasteiger partial charge in [-0.15, -0.1) is 0 Å². The standard InChI is InChI=1S/C21H17ClFN5O/c22-20-18(12-26-28(21(20)29)13-15-4-2-1-3-5-15)25-11-16-6-7-19(17(23)10-16)27-9-8-24-14-27/h1-10,12,14,25H,11,13H2. The molecule has 0 aliphatic heterocycles. The van der Waals surface area contributed by atoms with Crippen LogP contribution in [0, 0.1) is 5.82 Å². The first-order chi connectivity index (χ1) is 14.1. The molecule has 1 N–H and O–H groups in total. The molecule has 2 aromatic carbocycles. The summed E-state index contributed by atoms with van der Waals surface area (Å²) < 4.78 is 17.3. The van der Waals surface area contributed by atoms with Crippen molar-refractivity contribution in [3.05, 3.63) is 106 Å². The van der Waals surface area contributed by atoms with Gasteiger partial charge in [0.15, 0.2) is 0 Å². The molecule has 0 atom stereocenters. The van der Waals surface area contributed by atoms with Crippen LogP contribution in [0.15, 0.2) is 78.2 Å². The van der Waals surface area contributed by atoms with E-state index in [1.807, 2.05) is 30.3 Å². The van der Waals surface area contributed by atoms with Crippen molar-refractivity contribution in [3.63, 3.8) is 0 Å². The number of rotatable bonds is 6. The molecule has 0 unspecified atom stereocenters. The van der Waals surface area contributed by atoms with E-state index in [0.717, 1.165) is 5.56 Å². The smallest absolute Gasteiger partial charge is 0.287 e. The lowest BCUT2D eigenvalue weighted by Gasteiger charge is -2.11. The number of nitrogens with one attached hydrogen (secondary N) is 1. The highest BCUT2D eigenvalue weighted by molar-refractivity contribution is 6.32. The lowest BCUT2D eigenvalue weighted by molar-refractivity contribution is 0.616. The van der Waals surface area contributed by atoms with Gasteiger partial charge in [-0.3, -0.25) is 4.79 Å². The first kappa shape index (κ1) is 18.9. The highest BCUT2D eigenvalue weighted by Crippen LogP contribution is 2.19. The summed E-state index contributed by atoms with van der Waals surface area (Å²) in [5.41, 5.74) is 2.08. The van der Waals surface area contributed by atoms with Crippen LogP contribution < -0.4 is 10.9 Å². The van der Waals surface area contributed by atoms with Crippen molar-refractivity contribution < 1.29 is 4.39 Å². The minimum atomic E-state index is -0.387. The Morgan fingerprint density at radius 2 is 1.93 bits per heavy atom. The minimum Gasteiger partial charge on any atom is -0.378 e. The van der Waals surface area contributed by atoms with Gasteiger partial charge in [0.1, 0.15) is 10.8 Å². The normalized spacial score (nSPS) is 10.8. The monoisotopic (exact) mass is 409 g/mol. The molecule has 0 bridgehead atoms. The van der Waals surface area contributed by atoms with Crippen LogP contribution in [0.5, 0.6) is 0 Å². The van der Waals surface area contributed by atoms with E-state index in [4.69, 9.17) is 11.6 Å². The molecule has 0 aliphatic rings. The largest absolute Gasteiger partial charge is 0.378 e. The third kappa shape index (κ3) is 4.20. The maximum atomic E-state index is 14.4. The predicted octanol–water partition coefficient (Wildman–Crippen LogP) is 3.88. The van der Waals surface area contributed by atoms with Gasteiger partial charge in [0.2, 0.25) is 0 Å². The second kappa shape index (κ2) is 8.28. The van der Waals surface area contributed by atoms with E-state index in [9.17, 15) is 9.18 Å². The van der Waals surface area contributed by atoms with Crippen molar-refractivity contribution in [3.8, 4) is 5.69 Å². The molecule has 0 saturated carbocycles. The molecule has 6 nitrogen and oxygen atoms in total. The Kier molecular flexibility index (Phi) is 5.39. The van der Waals surface area contributed by atoms with Crippen LogP contribution in [0.3, 0.4) is 0 Å². The molecule has 29 heavy (non-hydrogen) atoms. The molecule has 8 heteroatoms. The highest BCUT2D eigenvalue weighted by Gasteiger charge is 2.11. The topological polar surface area (TPSA) is 64.7 Å². The third-order valence-electron chi connectivity index (χ3n) is 4.44. The fourth-order valence-electron chi connectivity index (χ4n) is 2.93. The van der Waals surface area contributed by atoms with Gasteiger partial charge < -0.3 is 9.88 Å². The Morgan fingerprint density at radius 1 is 1.10 bits per heavy atom. The number of aromatic nitrogens is 4. The lowest BCUT2D eigenvalue weighted by atomic mass is 10.2. The Labute approximate surface area is 171 Å². The number of imidazole rings is 1. The van der Waals surface area contributed by atoms with Gasteiger partial charge in [0.25, 0.3) is 5.56 Å². The predicted molar refractivity (Wildman–Crippen MR) is 110 cm³/mol. The second-order valence-electron chi connectivity index (χ2n) is 6.43. The van der Waals surface area contributed by atoms with Gasteiger partial charge in [0.05, 0.1) is 30.4 Å². The van der Waals surface area contributed by atoms with Gasteiger partial charge in [-0.2, -0.15) is 5.10 Å². The van der Waals surface area contributed by atoms with Crippen LogP contribution in [0.2, 0.25) is 5.02 Å². The van der Waals surface area contributed by atoms with E-state index >= 15 is 0 Å². The van der Waals surface area contributed by atoms with Crippen LogP contribution in [0.25, 0.3) is 5.69 Å². The summed E-state index contributed by atoms with van der Waals surface area (Å²) in [5.74, 6) is -0.371. The van der Waals surface area contributed by atoms with Crippen LogP contribution in [0.1, 0.15) is 11.1 Å². The van der Waals surface area contributed by atoms with E-state index in [1.165, 1.54) is 23.3 Å². The van der Waals surface area contributed by atoms with Crippen molar-refractivity contribution >= 4 is 17.3 Å². The van der Waals surface area contributed by atoms with E-state index in [2.05, 4.69) is 15.4 Å². The maximum absolute atomic E-state index is 14.4. The molecule has 4 rings (SSSR count). The average molecular weight is 410 g/mol. The molecular formula is C21H17ClFN5O. The maximum Gasteiger partial charge on any atom is 0.287 e. The molecular weight excluding hydrogens is 393 g/mol. The van der Waals surface area contributed by atoms with E-state index < -0.39 is 0 Å². The molecule has 2 heterocycles. The Morgan fingerprint density at radius 3 is 2.66 bits per heavy atom. The molecule has 0 aliphatic carbocycles. The van der Waals surface area contributed by atoms with Crippen molar-refractivity contribution in [2.45, 2.75) is 13.1 Å². The zero-order valence-electron chi connectivity index (χ0n) is 15.3. The van der Waals surface area contributed by atoms with Gasteiger partial charge in [-0.25, -0.2) is 14.1 Å². The molecule has 0 fully saturated rings. The van der Waals surface area contributed by atoms with Crippen molar-refractivity contribution in [1.82, 2.24) is 19.3 Å². The summed E-state index contributed by atoms with van der Waals surface area (Å²) in [7, 11) is 0. The summed E-state index contributed by atoms with van der Waals surface area (Å²) in [6.07, 6.45) is 6.30. The number of halogens is 2. The van der Waals surface area contributed by atoms with Gasteiger partial charge >= 0.3 is 0 Å². The zero-order chi connectivity index (χ0) is 20.2. The van der Waals surface area contributed by atoms with Crippen LogP contribution in [-0.4, -0.2) is 19.3 Å². The van der Waals surface area contributed by atoms with Crippen molar-refractivity contribution in [2.75, 3.05) is 5.32 Å². The van der Waals surface area contributed by atoms with Gasteiger partial charge in [0, 0.05) is 18.9 Å².